The van der Waals surface area contributed by atoms with Crippen molar-refractivity contribution in [3.8, 4) is 0 Å². The van der Waals surface area contributed by atoms with E-state index in [9.17, 15) is 9.59 Å². The summed E-state index contributed by atoms with van der Waals surface area (Å²) in [6.45, 7) is 2.50. The highest BCUT2D eigenvalue weighted by molar-refractivity contribution is 5.95. The van der Waals surface area contributed by atoms with Crippen LogP contribution in [0.5, 0.6) is 0 Å². The molecule has 1 saturated heterocycles. The number of hydrogen-bond donors (Lipinski definition) is 0. The Bertz CT molecular complexity index is 560. The van der Waals surface area contributed by atoms with E-state index >= 15 is 0 Å². The number of carbonyl (C=O) groups is 2. The van der Waals surface area contributed by atoms with E-state index < -0.39 is 0 Å². The molecule has 1 aromatic rings. The predicted octanol–water partition coefficient (Wildman–Crippen LogP) is 3.61. The molecule has 2 aliphatic rings. The third kappa shape index (κ3) is 3.08. The molecule has 2 fully saturated rings. The fraction of sp³-hybridized carbons (Fsp3) is 0.579. The van der Waals surface area contributed by atoms with Gasteiger partial charge in [-0.25, -0.2) is 0 Å². The molecule has 1 amide bonds. The lowest BCUT2D eigenvalue weighted by molar-refractivity contribution is -0.133. The predicted molar refractivity (Wildman–Crippen MR) is 86.8 cm³/mol. The number of nitrogens with zero attached hydrogens (tertiary/aromatic N) is 1. The Morgan fingerprint density at radius 3 is 2.59 bits per heavy atom. The van der Waals surface area contributed by atoms with E-state index in [1.807, 2.05) is 24.3 Å². The van der Waals surface area contributed by atoms with E-state index in [-0.39, 0.29) is 11.7 Å². The third-order valence-corrected chi connectivity index (χ3v) is 5.23. The van der Waals surface area contributed by atoms with E-state index in [0.717, 1.165) is 24.1 Å². The summed E-state index contributed by atoms with van der Waals surface area (Å²) in [6, 6.07) is 8.18. The van der Waals surface area contributed by atoms with Crippen LogP contribution in [0.25, 0.3) is 0 Å². The Morgan fingerprint density at radius 1 is 1.14 bits per heavy atom. The second-order valence-corrected chi connectivity index (χ2v) is 6.73. The van der Waals surface area contributed by atoms with Gasteiger partial charge in [0.15, 0.2) is 5.78 Å². The summed E-state index contributed by atoms with van der Waals surface area (Å²) in [5.74, 6) is 0.456. The van der Waals surface area contributed by atoms with Crippen LogP contribution in [0.4, 0.5) is 0 Å². The van der Waals surface area contributed by atoms with Gasteiger partial charge in [-0.05, 0) is 38.2 Å². The Balaban J connectivity index is 1.69. The molecule has 3 rings (SSSR count). The van der Waals surface area contributed by atoms with Gasteiger partial charge in [0.2, 0.25) is 5.91 Å². The van der Waals surface area contributed by atoms with E-state index in [1.54, 1.807) is 6.92 Å². The summed E-state index contributed by atoms with van der Waals surface area (Å²) >= 11 is 0. The minimum absolute atomic E-state index is 0.0578. The standard InChI is InChI=1S/C19H25NO2/c1-14(21)18-10-6-5-7-15(18)13-16-11-12-20(19(16)22)17-8-3-2-4-9-17/h5-7,10,16-17H,2-4,8-9,11-13H2,1H3. The quantitative estimate of drug-likeness (QED) is 0.796. The summed E-state index contributed by atoms with van der Waals surface area (Å²) < 4.78 is 0. The Kier molecular flexibility index (Phi) is 4.60. The van der Waals surface area contributed by atoms with Gasteiger partial charge in [0.05, 0.1) is 0 Å². The summed E-state index contributed by atoms with van der Waals surface area (Å²) in [5.41, 5.74) is 1.80. The van der Waals surface area contributed by atoms with Crippen molar-refractivity contribution in [2.75, 3.05) is 6.54 Å². The van der Waals surface area contributed by atoms with Gasteiger partial charge < -0.3 is 4.90 Å². The zero-order valence-electron chi connectivity index (χ0n) is 13.4. The van der Waals surface area contributed by atoms with Crippen LogP contribution >= 0.6 is 0 Å². The van der Waals surface area contributed by atoms with Gasteiger partial charge in [-0.3, -0.25) is 9.59 Å². The fourth-order valence-electron chi connectivity index (χ4n) is 4.01. The lowest BCUT2D eigenvalue weighted by Crippen LogP contribution is -2.39. The minimum Gasteiger partial charge on any atom is -0.339 e. The van der Waals surface area contributed by atoms with Crippen molar-refractivity contribution >= 4 is 11.7 Å². The molecule has 1 aromatic carbocycles. The molecule has 1 heterocycles. The van der Waals surface area contributed by atoms with Crippen LogP contribution in [0, 0.1) is 5.92 Å². The molecule has 1 unspecified atom stereocenters. The molecule has 3 nitrogen and oxygen atoms in total. The van der Waals surface area contributed by atoms with Crippen LogP contribution < -0.4 is 0 Å². The molecular formula is C19H25NO2. The first-order valence-corrected chi connectivity index (χ1v) is 8.56. The SMILES string of the molecule is CC(=O)c1ccccc1CC1CCN(C2CCCCC2)C1=O. The number of carbonyl (C=O) groups excluding carboxylic acids is 2. The largest absolute Gasteiger partial charge is 0.339 e. The first kappa shape index (κ1) is 15.3. The van der Waals surface area contributed by atoms with Gasteiger partial charge in [0.25, 0.3) is 0 Å². The number of Topliss-reactive ketones (excluding diaryl/α,β-unsaturated/α-hetero) is 1. The van der Waals surface area contributed by atoms with Crippen molar-refractivity contribution in [1.29, 1.82) is 0 Å². The first-order chi connectivity index (χ1) is 10.7. The van der Waals surface area contributed by atoms with Gasteiger partial charge >= 0.3 is 0 Å². The molecule has 1 aliphatic carbocycles. The molecule has 118 valence electrons. The first-order valence-electron chi connectivity index (χ1n) is 8.56. The van der Waals surface area contributed by atoms with Crippen LogP contribution in [-0.4, -0.2) is 29.2 Å². The van der Waals surface area contributed by atoms with Crippen LogP contribution in [0.2, 0.25) is 0 Å². The zero-order valence-corrected chi connectivity index (χ0v) is 13.4. The average molecular weight is 299 g/mol. The van der Waals surface area contributed by atoms with Crippen molar-refractivity contribution < 1.29 is 9.59 Å². The second kappa shape index (κ2) is 6.64. The summed E-state index contributed by atoms with van der Waals surface area (Å²) in [6.07, 6.45) is 7.80. The van der Waals surface area contributed by atoms with Gasteiger partial charge in [-0.1, -0.05) is 43.5 Å². The summed E-state index contributed by atoms with van der Waals surface area (Å²) in [7, 11) is 0. The van der Waals surface area contributed by atoms with E-state index in [2.05, 4.69) is 4.90 Å². The average Bonchev–Trinajstić information content (AvgIpc) is 2.89. The molecule has 0 radical (unpaired) electrons. The highest BCUT2D eigenvalue weighted by Crippen LogP contribution is 2.30. The van der Waals surface area contributed by atoms with Gasteiger partial charge in [-0.2, -0.15) is 0 Å². The minimum atomic E-state index is 0.0578. The number of hydrogen-bond acceptors (Lipinski definition) is 2. The van der Waals surface area contributed by atoms with Gasteiger partial charge in [0.1, 0.15) is 0 Å². The van der Waals surface area contributed by atoms with E-state index in [4.69, 9.17) is 0 Å². The fourth-order valence-corrected chi connectivity index (χ4v) is 4.01. The van der Waals surface area contributed by atoms with Crippen molar-refractivity contribution in [3.05, 3.63) is 35.4 Å². The molecule has 22 heavy (non-hydrogen) atoms. The van der Waals surface area contributed by atoms with Crippen LogP contribution in [0.1, 0.15) is 61.4 Å². The lowest BCUT2D eigenvalue weighted by atomic mass is 9.92. The molecule has 3 heteroatoms. The normalized spacial score (nSPS) is 23.0. The Labute approximate surface area is 132 Å². The number of amides is 1. The number of ketones is 1. The second-order valence-electron chi connectivity index (χ2n) is 6.73. The van der Waals surface area contributed by atoms with Gasteiger partial charge in [0, 0.05) is 24.1 Å². The monoisotopic (exact) mass is 299 g/mol. The Hall–Kier alpha value is -1.64. The van der Waals surface area contributed by atoms with Crippen molar-refractivity contribution in [2.45, 2.75) is 57.9 Å². The molecule has 0 N–H and O–H groups in total. The highest BCUT2D eigenvalue weighted by Gasteiger charge is 2.36. The molecule has 0 bridgehead atoms. The number of rotatable bonds is 4. The summed E-state index contributed by atoms with van der Waals surface area (Å²) in [4.78, 5) is 26.6. The zero-order chi connectivity index (χ0) is 15.5. The molecule has 1 atom stereocenters. The summed E-state index contributed by atoms with van der Waals surface area (Å²) in [5, 5.41) is 0. The molecule has 1 saturated carbocycles. The van der Waals surface area contributed by atoms with E-state index in [1.165, 1.54) is 32.1 Å². The molecular weight excluding hydrogens is 274 g/mol. The topological polar surface area (TPSA) is 37.4 Å². The number of benzene rings is 1. The van der Waals surface area contributed by atoms with Crippen LogP contribution in [-0.2, 0) is 11.2 Å². The highest BCUT2D eigenvalue weighted by atomic mass is 16.2. The molecule has 0 aromatic heterocycles. The number of likely N-dealkylation sites (tertiary alicyclic amines) is 1. The van der Waals surface area contributed by atoms with Crippen LogP contribution in [0.3, 0.4) is 0 Å². The van der Waals surface area contributed by atoms with Crippen LogP contribution in [0.15, 0.2) is 24.3 Å². The Morgan fingerprint density at radius 2 is 1.86 bits per heavy atom. The van der Waals surface area contributed by atoms with E-state index in [0.29, 0.717) is 18.4 Å². The maximum atomic E-state index is 12.7. The molecule has 1 aliphatic heterocycles. The smallest absolute Gasteiger partial charge is 0.226 e. The maximum Gasteiger partial charge on any atom is 0.226 e. The lowest BCUT2D eigenvalue weighted by Gasteiger charge is -2.31. The van der Waals surface area contributed by atoms with Gasteiger partial charge in [-0.15, -0.1) is 0 Å². The van der Waals surface area contributed by atoms with Crippen molar-refractivity contribution in [3.63, 3.8) is 0 Å². The third-order valence-electron chi connectivity index (χ3n) is 5.23. The maximum absolute atomic E-state index is 12.7. The molecule has 0 spiro atoms. The van der Waals surface area contributed by atoms with Crippen molar-refractivity contribution in [1.82, 2.24) is 4.90 Å². The van der Waals surface area contributed by atoms with Crippen molar-refractivity contribution in [2.24, 2.45) is 5.92 Å².